The van der Waals surface area contributed by atoms with Crippen LogP contribution in [0.15, 0.2) is 18.5 Å². The highest BCUT2D eigenvalue weighted by Crippen LogP contribution is 2.32. The average molecular weight is 367 g/mol. The summed E-state index contributed by atoms with van der Waals surface area (Å²) in [5.74, 6) is 1.16. The number of halogens is 1. The molecule has 3 rings (SSSR count). The molecule has 0 spiro atoms. The van der Waals surface area contributed by atoms with Crippen molar-refractivity contribution in [3.8, 4) is 0 Å². The third-order valence-electron chi connectivity index (χ3n) is 4.78. The minimum absolute atomic E-state index is 0. The van der Waals surface area contributed by atoms with E-state index in [4.69, 9.17) is 0 Å². The third-order valence-corrected chi connectivity index (χ3v) is 4.78. The highest BCUT2D eigenvalue weighted by Gasteiger charge is 2.23. The highest BCUT2D eigenvalue weighted by molar-refractivity contribution is 5.94. The molecule has 2 aromatic heterocycles. The first kappa shape index (κ1) is 19.5. The number of carbonyl (C=O) groups is 1. The quantitative estimate of drug-likeness (QED) is 0.852. The molecule has 0 saturated heterocycles. The lowest BCUT2D eigenvalue weighted by molar-refractivity contribution is -0.118. The predicted octanol–water partition coefficient (Wildman–Crippen LogP) is 2.52. The number of likely N-dealkylation sites (N-methyl/N-ethyl adjacent to an activating group) is 1. The Morgan fingerprint density at radius 1 is 1.28 bits per heavy atom. The summed E-state index contributed by atoms with van der Waals surface area (Å²) in [6, 6.07) is 1.58. The number of nitrogens with one attached hydrogen (secondary N) is 2. The van der Waals surface area contributed by atoms with Gasteiger partial charge in [0.05, 0.1) is 11.9 Å². The normalized spacial score (nSPS) is 16.3. The molecule has 1 atom stereocenters. The van der Waals surface area contributed by atoms with Crippen LogP contribution in [0.5, 0.6) is 0 Å². The standard InChI is InChI=1S/C17H26N6O.ClH/c1-18-16(13-10-19-22(2)11-13)17(24)20-15-9-14(21-23(15)3)12-7-5-4-6-8-12;/h9-12,16,18H,4-8H2,1-3H3,(H,20,24);1H. The number of aromatic nitrogens is 4. The maximum absolute atomic E-state index is 12.6. The van der Waals surface area contributed by atoms with Gasteiger partial charge in [-0.15, -0.1) is 12.4 Å². The molecule has 1 aliphatic carbocycles. The second-order valence-electron chi connectivity index (χ2n) is 6.57. The summed E-state index contributed by atoms with van der Waals surface area (Å²) in [6.07, 6.45) is 9.80. The summed E-state index contributed by atoms with van der Waals surface area (Å²) in [7, 11) is 5.49. The van der Waals surface area contributed by atoms with Gasteiger partial charge in [-0.25, -0.2) is 0 Å². The lowest BCUT2D eigenvalue weighted by Crippen LogP contribution is -2.31. The summed E-state index contributed by atoms with van der Waals surface area (Å²) in [6.45, 7) is 0. The van der Waals surface area contributed by atoms with Crippen LogP contribution in [0.3, 0.4) is 0 Å². The largest absolute Gasteiger partial charge is 0.309 e. The van der Waals surface area contributed by atoms with E-state index in [1.807, 2.05) is 26.4 Å². The first-order chi connectivity index (χ1) is 11.6. The van der Waals surface area contributed by atoms with Gasteiger partial charge >= 0.3 is 0 Å². The third kappa shape index (κ3) is 4.41. The number of hydrogen-bond acceptors (Lipinski definition) is 4. The summed E-state index contributed by atoms with van der Waals surface area (Å²) < 4.78 is 3.45. The maximum atomic E-state index is 12.6. The van der Waals surface area contributed by atoms with E-state index >= 15 is 0 Å². The van der Waals surface area contributed by atoms with Gasteiger partial charge in [-0.05, 0) is 19.9 Å². The minimum atomic E-state index is -0.438. The molecule has 2 aromatic rings. The number of rotatable bonds is 5. The Bertz CT molecular complexity index is 704. The summed E-state index contributed by atoms with van der Waals surface area (Å²) >= 11 is 0. The number of anilines is 1. The SMILES string of the molecule is CNC(C(=O)Nc1cc(C2CCCCC2)nn1C)c1cnn(C)c1.Cl. The Labute approximate surface area is 154 Å². The van der Waals surface area contributed by atoms with Gasteiger partial charge in [-0.3, -0.25) is 14.2 Å². The van der Waals surface area contributed by atoms with Gasteiger partial charge < -0.3 is 10.6 Å². The van der Waals surface area contributed by atoms with E-state index < -0.39 is 6.04 Å². The molecular weight excluding hydrogens is 340 g/mol. The molecule has 1 aliphatic rings. The van der Waals surface area contributed by atoms with Crippen LogP contribution in [-0.4, -0.2) is 32.5 Å². The van der Waals surface area contributed by atoms with Crippen LogP contribution in [0.2, 0.25) is 0 Å². The predicted molar refractivity (Wildman–Crippen MR) is 99.9 cm³/mol. The lowest BCUT2D eigenvalue weighted by atomic mass is 9.87. The van der Waals surface area contributed by atoms with Crippen molar-refractivity contribution in [2.45, 2.75) is 44.1 Å². The molecule has 0 bridgehead atoms. The number of nitrogens with zero attached hydrogens (tertiary/aromatic N) is 4. The van der Waals surface area contributed by atoms with Crippen molar-refractivity contribution in [3.05, 3.63) is 29.7 Å². The molecule has 0 aliphatic heterocycles. The molecule has 1 unspecified atom stereocenters. The van der Waals surface area contributed by atoms with Crippen LogP contribution in [-0.2, 0) is 18.9 Å². The first-order valence-electron chi connectivity index (χ1n) is 8.59. The molecule has 1 saturated carbocycles. The Morgan fingerprint density at radius 2 is 2.00 bits per heavy atom. The molecule has 8 heteroatoms. The molecule has 25 heavy (non-hydrogen) atoms. The topological polar surface area (TPSA) is 76.8 Å². The van der Waals surface area contributed by atoms with Crippen molar-refractivity contribution in [1.82, 2.24) is 24.9 Å². The molecule has 1 fully saturated rings. The van der Waals surface area contributed by atoms with E-state index in [0.29, 0.717) is 5.92 Å². The van der Waals surface area contributed by atoms with E-state index in [0.717, 1.165) is 17.1 Å². The van der Waals surface area contributed by atoms with E-state index in [9.17, 15) is 4.79 Å². The van der Waals surface area contributed by atoms with Gasteiger partial charge in [0.2, 0.25) is 5.91 Å². The van der Waals surface area contributed by atoms with Gasteiger partial charge in [-0.2, -0.15) is 10.2 Å². The highest BCUT2D eigenvalue weighted by atomic mass is 35.5. The average Bonchev–Trinajstić information content (AvgIpc) is 3.16. The van der Waals surface area contributed by atoms with Gasteiger partial charge in [-0.1, -0.05) is 19.3 Å². The second kappa shape index (κ2) is 8.49. The van der Waals surface area contributed by atoms with Crippen molar-refractivity contribution in [2.24, 2.45) is 14.1 Å². The zero-order valence-electron chi connectivity index (χ0n) is 15.0. The smallest absolute Gasteiger partial charge is 0.247 e. The fourth-order valence-electron chi connectivity index (χ4n) is 3.44. The number of carbonyl (C=O) groups excluding carboxylic acids is 1. The van der Waals surface area contributed by atoms with Crippen LogP contribution >= 0.6 is 12.4 Å². The zero-order chi connectivity index (χ0) is 17.1. The van der Waals surface area contributed by atoms with Crippen molar-refractivity contribution < 1.29 is 4.79 Å². The number of amides is 1. The van der Waals surface area contributed by atoms with Crippen molar-refractivity contribution in [2.75, 3.05) is 12.4 Å². The van der Waals surface area contributed by atoms with Gasteiger partial charge in [0.15, 0.2) is 0 Å². The van der Waals surface area contributed by atoms with E-state index in [2.05, 4.69) is 20.8 Å². The van der Waals surface area contributed by atoms with Gasteiger partial charge in [0.25, 0.3) is 0 Å². The minimum Gasteiger partial charge on any atom is -0.309 e. The monoisotopic (exact) mass is 366 g/mol. The van der Waals surface area contributed by atoms with Crippen molar-refractivity contribution >= 4 is 24.1 Å². The zero-order valence-corrected chi connectivity index (χ0v) is 15.8. The molecule has 7 nitrogen and oxygen atoms in total. The number of aryl methyl sites for hydroxylation is 2. The van der Waals surface area contributed by atoms with E-state index in [-0.39, 0.29) is 18.3 Å². The molecule has 2 heterocycles. The van der Waals surface area contributed by atoms with Crippen LogP contribution in [0.25, 0.3) is 0 Å². The van der Waals surface area contributed by atoms with Gasteiger partial charge in [0, 0.05) is 37.8 Å². The Morgan fingerprint density at radius 3 is 2.60 bits per heavy atom. The molecule has 0 aromatic carbocycles. The lowest BCUT2D eigenvalue weighted by Gasteiger charge is -2.19. The maximum Gasteiger partial charge on any atom is 0.247 e. The van der Waals surface area contributed by atoms with E-state index in [1.54, 1.807) is 22.6 Å². The van der Waals surface area contributed by atoms with Crippen LogP contribution in [0.4, 0.5) is 5.82 Å². The molecule has 138 valence electrons. The molecular formula is C17H27ClN6O. The van der Waals surface area contributed by atoms with Gasteiger partial charge in [0.1, 0.15) is 11.9 Å². The summed E-state index contributed by atoms with van der Waals surface area (Å²) in [4.78, 5) is 12.6. The number of hydrogen-bond donors (Lipinski definition) is 2. The fourth-order valence-corrected chi connectivity index (χ4v) is 3.44. The first-order valence-corrected chi connectivity index (χ1v) is 8.59. The van der Waals surface area contributed by atoms with E-state index in [1.165, 1.54) is 32.1 Å². The molecule has 1 amide bonds. The summed E-state index contributed by atoms with van der Waals surface area (Å²) in [5.41, 5.74) is 1.93. The molecule has 0 radical (unpaired) electrons. The van der Waals surface area contributed by atoms with Crippen LogP contribution in [0, 0.1) is 0 Å². The Kier molecular flexibility index (Phi) is 6.61. The fraction of sp³-hybridized carbons (Fsp3) is 0.588. The van der Waals surface area contributed by atoms with Crippen molar-refractivity contribution in [1.29, 1.82) is 0 Å². The molecule has 2 N–H and O–H groups in total. The van der Waals surface area contributed by atoms with Crippen molar-refractivity contribution in [3.63, 3.8) is 0 Å². The summed E-state index contributed by atoms with van der Waals surface area (Å²) in [5, 5.41) is 14.8. The Hall–Kier alpha value is -1.86. The second-order valence-corrected chi connectivity index (χ2v) is 6.57. The van der Waals surface area contributed by atoms with Crippen LogP contribution in [0.1, 0.15) is 55.3 Å². The Balaban J connectivity index is 0.00000225. The van der Waals surface area contributed by atoms with Crippen LogP contribution < -0.4 is 10.6 Å².